The van der Waals surface area contributed by atoms with Gasteiger partial charge in [0.1, 0.15) is 0 Å². The van der Waals surface area contributed by atoms with Gasteiger partial charge in [-0.2, -0.15) is 0 Å². The van der Waals surface area contributed by atoms with E-state index in [2.05, 4.69) is 21.6 Å². The molecule has 0 spiro atoms. The van der Waals surface area contributed by atoms with Crippen LogP contribution in [0, 0.1) is 16.2 Å². The molecule has 7 heterocycles. The average Bonchev–Trinajstić information content (AvgIpc) is 3.26. The van der Waals surface area contributed by atoms with Gasteiger partial charge in [-0.25, -0.2) is 0 Å². The Morgan fingerprint density at radius 2 is 1.44 bits per heavy atom. The lowest BCUT2D eigenvalue weighted by atomic mass is 9.61. The topological polar surface area (TPSA) is 9.72 Å². The fraction of sp³-hybridized carbons (Fsp3) is 1.00. The summed E-state index contributed by atoms with van der Waals surface area (Å²) in [6.45, 7) is 12.4. The SMILES string of the molecule is CC12CCCN(C1)C(CC13CCN(CC1)C(CC14CCN(CC1)C4)C3)CC2. The van der Waals surface area contributed by atoms with E-state index in [0.717, 1.165) is 12.1 Å². The Labute approximate surface area is 166 Å². The monoisotopic (exact) mass is 371 g/mol. The highest BCUT2D eigenvalue weighted by atomic mass is 15.2. The normalized spacial score (nSPS) is 56.6. The van der Waals surface area contributed by atoms with Crippen LogP contribution in [-0.2, 0) is 0 Å². The second kappa shape index (κ2) is 6.19. The van der Waals surface area contributed by atoms with E-state index in [4.69, 9.17) is 0 Å². The molecule has 7 aliphatic heterocycles. The summed E-state index contributed by atoms with van der Waals surface area (Å²) in [5, 5.41) is 0. The van der Waals surface area contributed by atoms with Crippen molar-refractivity contribution in [3.8, 4) is 0 Å². The molecule has 7 saturated heterocycles. The first kappa shape index (κ1) is 17.7. The van der Waals surface area contributed by atoms with Gasteiger partial charge in [0.05, 0.1) is 0 Å². The fourth-order valence-electron chi connectivity index (χ4n) is 8.57. The van der Waals surface area contributed by atoms with Gasteiger partial charge in [-0.1, -0.05) is 6.92 Å². The zero-order chi connectivity index (χ0) is 18.1. The largest absolute Gasteiger partial charge is 0.303 e. The van der Waals surface area contributed by atoms with E-state index in [-0.39, 0.29) is 0 Å². The minimum Gasteiger partial charge on any atom is -0.303 e. The molecule has 4 unspecified atom stereocenters. The Balaban J connectivity index is 1.15. The van der Waals surface area contributed by atoms with Crippen LogP contribution in [0.1, 0.15) is 77.6 Å². The number of rotatable bonds is 4. The number of piperidine rings is 6. The van der Waals surface area contributed by atoms with E-state index in [1.165, 1.54) is 116 Å². The van der Waals surface area contributed by atoms with Crippen LogP contribution in [-0.4, -0.2) is 72.6 Å². The van der Waals surface area contributed by atoms with Gasteiger partial charge in [-0.15, -0.1) is 0 Å². The zero-order valence-corrected chi connectivity index (χ0v) is 17.7. The quantitative estimate of drug-likeness (QED) is 0.740. The predicted octanol–water partition coefficient (Wildman–Crippen LogP) is 3.98. The molecule has 7 rings (SSSR count). The van der Waals surface area contributed by atoms with Crippen molar-refractivity contribution in [1.29, 1.82) is 0 Å². The molecule has 0 aliphatic carbocycles. The van der Waals surface area contributed by atoms with Crippen LogP contribution in [0.15, 0.2) is 0 Å². The third-order valence-electron chi connectivity index (χ3n) is 10.3. The predicted molar refractivity (Wildman–Crippen MR) is 111 cm³/mol. The van der Waals surface area contributed by atoms with E-state index in [1.807, 2.05) is 0 Å². The molecule has 0 saturated carbocycles. The lowest BCUT2D eigenvalue weighted by Gasteiger charge is -2.57. The van der Waals surface area contributed by atoms with Gasteiger partial charge in [0.25, 0.3) is 0 Å². The first-order chi connectivity index (χ1) is 13.0. The molecule has 0 radical (unpaired) electrons. The summed E-state index contributed by atoms with van der Waals surface area (Å²) in [6, 6.07) is 1.83. The number of hydrogen-bond donors (Lipinski definition) is 0. The van der Waals surface area contributed by atoms with Crippen molar-refractivity contribution in [2.24, 2.45) is 16.2 Å². The van der Waals surface area contributed by atoms with Crippen LogP contribution in [0.3, 0.4) is 0 Å². The highest BCUT2D eigenvalue weighted by Gasteiger charge is 2.51. The molecule has 0 aromatic heterocycles. The van der Waals surface area contributed by atoms with Crippen molar-refractivity contribution in [3.63, 3.8) is 0 Å². The van der Waals surface area contributed by atoms with Crippen molar-refractivity contribution in [3.05, 3.63) is 0 Å². The molecule has 7 fully saturated rings. The third-order valence-corrected chi connectivity index (χ3v) is 10.3. The number of nitrogens with zero attached hydrogens (tertiary/aromatic N) is 3. The summed E-state index contributed by atoms with van der Waals surface area (Å²) in [4.78, 5) is 8.58. The van der Waals surface area contributed by atoms with Gasteiger partial charge in [0.15, 0.2) is 0 Å². The molecule has 0 aromatic carbocycles. The van der Waals surface area contributed by atoms with Gasteiger partial charge < -0.3 is 9.80 Å². The van der Waals surface area contributed by atoms with Crippen LogP contribution in [0.5, 0.6) is 0 Å². The lowest BCUT2D eigenvalue weighted by molar-refractivity contribution is -0.0713. The molecule has 7 aliphatic rings. The van der Waals surface area contributed by atoms with Gasteiger partial charge >= 0.3 is 0 Å². The Bertz CT molecular complexity index is 572. The van der Waals surface area contributed by atoms with E-state index < -0.39 is 0 Å². The summed E-state index contributed by atoms with van der Waals surface area (Å²) < 4.78 is 0. The summed E-state index contributed by atoms with van der Waals surface area (Å²) >= 11 is 0. The van der Waals surface area contributed by atoms with Gasteiger partial charge in [0.2, 0.25) is 0 Å². The average molecular weight is 372 g/mol. The Kier molecular flexibility index (Phi) is 4.06. The van der Waals surface area contributed by atoms with E-state index in [0.29, 0.717) is 16.2 Å². The highest BCUT2D eigenvalue weighted by Crippen LogP contribution is 2.53. The fourth-order valence-corrected chi connectivity index (χ4v) is 8.57. The first-order valence-electron chi connectivity index (χ1n) is 12.3. The summed E-state index contributed by atoms with van der Waals surface area (Å²) in [7, 11) is 0. The first-order valence-corrected chi connectivity index (χ1v) is 12.3. The third kappa shape index (κ3) is 3.02. The second-order valence-corrected chi connectivity index (χ2v) is 12.2. The van der Waals surface area contributed by atoms with Crippen LogP contribution < -0.4 is 0 Å². The van der Waals surface area contributed by atoms with Gasteiger partial charge in [0, 0.05) is 25.2 Å². The van der Waals surface area contributed by atoms with Crippen LogP contribution in [0.2, 0.25) is 0 Å². The molecule has 0 aromatic rings. The van der Waals surface area contributed by atoms with Crippen molar-refractivity contribution >= 4 is 0 Å². The molecule has 3 heteroatoms. The Morgan fingerprint density at radius 1 is 0.704 bits per heavy atom. The Morgan fingerprint density at radius 3 is 2.19 bits per heavy atom. The number of hydrogen-bond acceptors (Lipinski definition) is 3. The summed E-state index contributed by atoms with van der Waals surface area (Å²) in [5.74, 6) is 0. The van der Waals surface area contributed by atoms with Crippen molar-refractivity contribution in [1.82, 2.24) is 14.7 Å². The van der Waals surface area contributed by atoms with Crippen molar-refractivity contribution in [2.75, 3.05) is 45.8 Å². The molecule has 0 amide bonds. The van der Waals surface area contributed by atoms with Crippen molar-refractivity contribution in [2.45, 2.75) is 89.6 Å². The van der Waals surface area contributed by atoms with Gasteiger partial charge in [-0.3, -0.25) is 4.90 Å². The molecule has 3 nitrogen and oxygen atoms in total. The van der Waals surface area contributed by atoms with E-state index in [9.17, 15) is 0 Å². The second-order valence-electron chi connectivity index (χ2n) is 12.2. The molecule has 27 heavy (non-hydrogen) atoms. The minimum absolute atomic E-state index is 0.654. The standard InChI is InChI=1S/C24H41N3/c1-22-4-2-10-27(18-22)20(3-5-22)15-23-8-13-26(14-9-23)21(16-23)17-24-6-11-25(19-24)12-7-24/h20-21H,2-19H2,1H3. The van der Waals surface area contributed by atoms with E-state index >= 15 is 0 Å². The van der Waals surface area contributed by atoms with Crippen LogP contribution >= 0.6 is 0 Å². The van der Waals surface area contributed by atoms with Crippen LogP contribution in [0.4, 0.5) is 0 Å². The molecule has 4 atom stereocenters. The summed E-state index contributed by atoms with van der Waals surface area (Å²) in [5.41, 5.74) is 2.06. The van der Waals surface area contributed by atoms with Gasteiger partial charge in [-0.05, 0) is 120 Å². The molecule has 0 N–H and O–H groups in total. The van der Waals surface area contributed by atoms with Crippen LogP contribution in [0.25, 0.3) is 0 Å². The highest BCUT2D eigenvalue weighted by molar-refractivity contribution is 5.05. The Hall–Kier alpha value is -0.120. The molecule has 152 valence electrons. The lowest BCUT2D eigenvalue weighted by Crippen LogP contribution is -2.58. The summed E-state index contributed by atoms with van der Waals surface area (Å²) in [6.07, 6.45) is 16.5. The molecular weight excluding hydrogens is 330 g/mol. The van der Waals surface area contributed by atoms with E-state index in [1.54, 1.807) is 0 Å². The smallest absolute Gasteiger partial charge is 0.0106 e. The minimum atomic E-state index is 0.654. The molecular formula is C24H41N3. The number of fused-ring (bicyclic) bond motifs is 7. The maximum Gasteiger partial charge on any atom is 0.0106 e. The molecule has 6 bridgehead atoms. The maximum absolute atomic E-state index is 2.93. The van der Waals surface area contributed by atoms with Crippen molar-refractivity contribution < 1.29 is 0 Å². The maximum atomic E-state index is 2.93. The zero-order valence-electron chi connectivity index (χ0n) is 17.7.